The van der Waals surface area contributed by atoms with Crippen molar-refractivity contribution in [3.05, 3.63) is 12.2 Å². The van der Waals surface area contributed by atoms with Crippen molar-refractivity contribution in [2.45, 2.75) is 45.6 Å². The molecule has 0 spiro atoms. The second-order valence-electron chi connectivity index (χ2n) is 6.85. The highest BCUT2D eigenvalue weighted by Crippen LogP contribution is 2.28. The van der Waals surface area contributed by atoms with Crippen molar-refractivity contribution < 1.29 is 4.79 Å². The van der Waals surface area contributed by atoms with Crippen LogP contribution >= 0.6 is 0 Å². The van der Waals surface area contributed by atoms with Gasteiger partial charge in [0, 0.05) is 31.5 Å². The van der Waals surface area contributed by atoms with Gasteiger partial charge in [-0.15, -0.1) is 0 Å². The van der Waals surface area contributed by atoms with Crippen molar-refractivity contribution in [3.8, 4) is 0 Å². The third-order valence-corrected chi connectivity index (χ3v) is 3.83. The lowest BCUT2D eigenvalue weighted by atomic mass is 9.96. The minimum atomic E-state index is -0.140. The summed E-state index contributed by atoms with van der Waals surface area (Å²) in [4.78, 5) is 30.2. The lowest BCUT2D eigenvalue weighted by molar-refractivity contribution is -0.119. The molecule has 0 bridgehead atoms. The van der Waals surface area contributed by atoms with Gasteiger partial charge < -0.3 is 15.2 Å². The van der Waals surface area contributed by atoms with E-state index in [2.05, 4.69) is 45.9 Å². The first-order chi connectivity index (χ1) is 10.3. The highest BCUT2D eigenvalue weighted by molar-refractivity contribution is 5.83. The van der Waals surface area contributed by atoms with Gasteiger partial charge in [-0.3, -0.25) is 4.79 Å². The number of anilines is 1. The summed E-state index contributed by atoms with van der Waals surface area (Å²) in [5, 5.41) is 2.98. The second-order valence-corrected chi connectivity index (χ2v) is 6.85. The van der Waals surface area contributed by atoms with E-state index in [1.165, 1.54) is 0 Å². The summed E-state index contributed by atoms with van der Waals surface area (Å²) >= 11 is 0. The number of aromatic nitrogens is 4. The first-order valence-corrected chi connectivity index (χ1v) is 7.58. The predicted molar refractivity (Wildman–Crippen MR) is 84.8 cm³/mol. The number of rotatable bonds is 2. The number of carbonyl (C=O) groups excluding carboxylic acids is 1. The molecule has 1 aliphatic rings. The molecular weight excluding hydrogens is 280 g/mol. The Morgan fingerprint density at radius 3 is 2.86 bits per heavy atom. The van der Waals surface area contributed by atoms with Crippen molar-refractivity contribution in [2.75, 3.05) is 18.0 Å². The van der Waals surface area contributed by atoms with Gasteiger partial charge in [-0.25, -0.2) is 15.0 Å². The maximum atomic E-state index is 11.2. The molecule has 2 N–H and O–H groups in total. The van der Waals surface area contributed by atoms with Crippen LogP contribution in [0, 0.1) is 0 Å². The molecule has 118 valence electrons. The van der Waals surface area contributed by atoms with Crippen LogP contribution in [-0.2, 0) is 10.2 Å². The molecule has 1 saturated heterocycles. The number of fused-ring (bicyclic) bond motifs is 1. The Kier molecular flexibility index (Phi) is 3.50. The van der Waals surface area contributed by atoms with E-state index in [9.17, 15) is 4.79 Å². The molecule has 1 atom stereocenters. The van der Waals surface area contributed by atoms with Gasteiger partial charge in [-0.2, -0.15) is 0 Å². The molecule has 7 nitrogen and oxygen atoms in total. The van der Waals surface area contributed by atoms with Crippen LogP contribution < -0.4 is 10.2 Å². The summed E-state index contributed by atoms with van der Waals surface area (Å²) in [5.74, 6) is 1.67. The van der Waals surface area contributed by atoms with Crippen molar-refractivity contribution >= 4 is 22.9 Å². The third kappa shape index (κ3) is 2.75. The van der Waals surface area contributed by atoms with Gasteiger partial charge in [0.15, 0.2) is 11.5 Å². The van der Waals surface area contributed by atoms with Crippen LogP contribution in [0.3, 0.4) is 0 Å². The SMILES string of the molecule is CC(=O)N[C@H]1CCN(c2nc(C(C)(C)C)nc3nc[nH]c23)C1. The van der Waals surface area contributed by atoms with E-state index < -0.39 is 0 Å². The van der Waals surface area contributed by atoms with Crippen LogP contribution in [-0.4, -0.2) is 45.0 Å². The van der Waals surface area contributed by atoms with Crippen LogP contribution in [0.5, 0.6) is 0 Å². The van der Waals surface area contributed by atoms with E-state index in [-0.39, 0.29) is 17.4 Å². The molecule has 0 saturated carbocycles. The fourth-order valence-electron chi connectivity index (χ4n) is 2.74. The highest BCUT2D eigenvalue weighted by atomic mass is 16.1. The molecule has 7 heteroatoms. The zero-order valence-electron chi connectivity index (χ0n) is 13.5. The molecular formula is C15H22N6O. The van der Waals surface area contributed by atoms with Crippen molar-refractivity contribution in [3.63, 3.8) is 0 Å². The van der Waals surface area contributed by atoms with E-state index in [4.69, 9.17) is 4.98 Å². The predicted octanol–water partition coefficient (Wildman–Crippen LogP) is 1.37. The number of H-pyrrole nitrogens is 1. The third-order valence-electron chi connectivity index (χ3n) is 3.83. The van der Waals surface area contributed by atoms with Crippen LogP contribution in [0.1, 0.15) is 39.9 Å². The van der Waals surface area contributed by atoms with Crippen molar-refractivity contribution in [1.82, 2.24) is 25.3 Å². The van der Waals surface area contributed by atoms with Crippen LogP contribution in [0.2, 0.25) is 0 Å². The Hall–Kier alpha value is -2.18. The number of imidazole rings is 1. The molecule has 2 aromatic heterocycles. The fraction of sp³-hybridized carbons (Fsp3) is 0.600. The second kappa shape index (κ2) is 5.23. The van der Waals surface area contributed by atoms with Gasteiger partial charge in [-0.05, 0) is 6.42 Å². The standard InChI is InChI=1S/C15H22N6O/c1-9(22)18-10-5-6-21(7-10)13-11-12(17-8-16-11)19-14(20-13)15(2,3)4/h8,10H,5-7H2,1-4H3,(H,18,22)(H,16,17,19,20)/t10-/m0/s1. The van der Waals surface area contributed by atoms with Gasteiger partial charge in [-0.1, -0.05) is 20.8 Å². The van der Waals surface area contributed by atoms with Gasteiger partial charge in [0.2, 0.25) is 5.91 Å². The largest absolute Gasteiger partial charge is 0.353 e. The normalized spacial score (nSPS) is 18.9. The minimum absolute atomic E-state index is 0.0107. The molecule has 3 rings (SSSR count). The van der Waals surface area contributed by atoms with Crippen LogP contribution in [0.4, 0.5) is 5.82 Å². The van der Waals surface area contributed by atoms with E-state index in [1.807, 2.05) is 0 Å². The van der Waals surface area contributed by atoms with E-state index in [0.717, 1.165) is 36.7 Å². The topological polar surface area (TPSA) is 86.8 Å². The van der Waals surface area contributed by atoms with Crippen molar-refractivity contribution in [2.24, 2.45) is 0 Å². The lowest BCUT2D eigenvalue weighted by Crippen LogP contribution is -2.36. The van der Waals surface area contributed by atoms with Gasteiger partial charge in [0.25, 0.3) is 0 Å². The smallest absolute Gasteiger partial charge is 0.217 e. The molecule has 2 aromatic rings. The molecule has 1 amide bonds. The summed E-state index contributed by atoms with van der Waals surface area (Å²) in [5.41, 5.74) is 1.41. The minimum Gasteiger partial charge on any atom is -0.353 e. The summed E-state index contributed by atoms with van der Waals surface area (Å²) in [6, 6.07) is 0.170. The molecule has 0 radical (unpaired) electrons. The van der Waals surface area contributed by atoms with Crippen LogP contribution in [0.25, 0.3) is 11.2 Å². The molecule has 3 heterocycles. The lowest BCUT2D eigenvalue weighted by Gasteiger charge is -2.22. The van der Waals surface area contributed by atoms with Gasteiger partial charge in [0.1, 0.15) is 11.3 Å². The number of hydrogen-bond acceptors (Lipinski definition) is 5. The number of amides is 1. The Labute approximate surface area is 129 Å². The Balaban J connectivity index is 1.96. The highest BCUT2D eigenvalue weighted by Gasteiger charge is 2.28. The van der Waals surface area contributed by atoms with Gasteiger partial charge in [0.05, 0.1) is 6.33 Å². The first-order valence-electron chi connectivity index (χ1n) is 7.58. The monoisotopic (exact) mass is 302 g/mol. The van der Waals surface area contributed by atoms with E-state index in [1.54, 1.807) is 13.3 Å². The summed E-state index contributed by atoms with van der Waals surface area (Å²) < 4.78 is 0. The molecule has 0 unspecified atom stereocenters. The molecule has 0 aliphatic carbocycles. The molecule has 0 aromatic carbocycles. The Bertz CT molecular complexity index is 702. The summed E-state index contributed by atoms with van der Waals surface area (Å²) in [7, 11) is 0. The molecule has 1 aliphatic heterocycles. The Morgan fingerprint density at radius 2 is 2.18 bits per heavy atom. The average molecular weight is 302 g/mol. The quantitative estimate of drug-likeness (QED) is 0.875. The van der Waals surface area contributed by atoms with Gasteiger partial charge >= 0.3 is 0 Å². The zero-order valence-corrected chi connectivity index (χ0v) is 13.5. The summed E-state index contributed by atoms with van der Waals surface area (Å²) in [6.45, 7) is 9.45. The number of nitrogens with one attached hydrogen (secondary N) is 2. The number of aromatic amines is 1. The summed E-state index contributed by atoms with van der Waals surface area (Å²) in [6.07, 6.45) is 2.57. The first kappa shape index (κ1) is 14.7. The number of nitrogens with zero attached hydrogens (tertiary/aromatic N) is 4. The molecule has 1 fully saturated rings. The van der Waals surface area contributed by atoms with Crippen LogP contribution in [0.15, 0.2) is 6.33 Å². The van der Waals surface area contributed by atoms with Crippen molar-refractivity contribution in [1.29, 1.82) is 0 Å². The van der Waals surface area contributed by atoms with E-state index >= 15 is 0 Å². The number of hydrogen-bond donors (Lipinski definition) is 2. The average Bonchev–Trinajstić information content (AvgIpc) is 3.03. The zero-order chi connectivity index (χ0) is 15.9. The molecule has 22 heavy (non-hydrogen) atoms. The number of carbonyl (C=O) groups is 1. The van der Waals surface area contributed by atoms with E-state index in [0.29, 0.717) is 5.65 Å². The maximum Gasteiger partial charge on any atom is 0.217 e. The fourth-order valence-corrected chi connectivity index (χ4v) is 2.74. The maximum absolute atomic E-state index is 11.2. The Morgan fingerprint density at radius 1 is 1.41 bits per heavy atom.